The Labute approximate surface area is 100 Å². The third-order valence-corrected chi connectivity index (χ3v) is 4.23. The number of hydrogen-bond donors (Lipinski definition) is 0. The fourth-order valence-electron chi connectivity index (χ4n) is 1.29. The molecule has 14 heavy (non-hydrogen) atoms. The van der Waals surface area contributed by atoms with Gasteiger partial charge in [-0.25, -0.2) is 0 Å². The summed E-state index contributed by atoms with van der Waals surface area (Å²) in [6.45, 7) is 2.00. The van der Waals surface area contributed by atoms with Crippen LogP contribution in [0.1, 0.15) is 0 Å². The molecule has 5 heteroatoms. The van der Waals surface area contributed by atoms with Crippen molar-refractivity contribution in [2.45, 2.75) is 4.83 Å². The first-order valence-corrected chi connectivity index (χ1v) is 6.41. The Balaban J connectivity index is 2.54. The lowest BCUT2D eigenvalue weighted by molar-refractivity contribution is 0.378. The molecule has 0 aromatic rings. The van der Waals surface area contributed by atoms with Crippen LogP contribution in [-0.2, 0) is 0 Å². The van der Waals surface area contributed by atoms with Crippen molar-refractivity contribution in [3.8, 4) is 0 Å². The summed E-state index contributed by atoms with van der Waals surface area (Å²) in [6.07, 6.45) is 5.98. The summed E-state index contributed by atoms with van der Waals surface area (Å²) in [5, 5.41) is 3.82. The first-order chi connectivity index (χ1) is 6.77. The van der Waals surface area contributed by atoms with Crippen molar-refractivity contribution in [1.82, 2.24) is 4.90 Å². The van der Waals surface area contributed by atoms with E-state index >= 15 is 0 Å². The van der Waals surface area contributed by atoms with Crippen LogP contribution in [0.25, 0.3) is 0 Å². The van der Waals surface area contributed by atoms with Crippen molar-refractivity contribution >= 4 is 31.9 Å². The second kappa shape index (κ2) is 6.35. The Morgan fingerprint density at radius 1 is 1.64 bits per heavy atom. The summed E-state index contributed by atoms with van der Waals surface area (Å²) in [5.74, 6) is 0. The molecule has 1 unspecified atom stereocenters. The zero-order valence-corrected chi connectivity index (χ0v) is 10.9. The Hall–Kier alpha value is -0.160. The Morgan fingerprint density at radius 3 is 3.07 bits per heavy atom. The quantitative estimate of drug-likeness (QED) is 0.575. The van der Waals surface area contributed by atoms with E-state index in [1.807, 2.05) is 12.2 Å². The van der Waals surface area contributed by atoms with Crippen molar-refractivity contribution in [3.05, 3.63) is 28.8 Å². The number of hydrogen-bond acceptors (Lipinski definition) is 3. The average molecular weight is 324 g/mol. The molecule has 0 saturated carbocycles. The standard InChI is InChI=1S/C9H12Br2N2O/c10-5-8(11)7-13-4-2-1-3-9(13)6-12-14/h1-3,8H,4-7H2. The number of nitroso groups, excluding NO2 is 1. The van der Waals surface area contributed by atoms with Crippen molar-refractivity contribution in [1.29, 1.82) is 0 Å². The lowest BCUT2D eigenvalue weighted by Crippen LogP contribution is -2.32. The van der Waals surface area contributed by atoms with Crippen LogP contribution >= 0.6 is 31.9 Å². The SMILES string of the molecule is O=NCC1=CC=CCN1CC(Br)CBr. The van der Waals surface area contributed by atoms with Gasteiger partial charge in [0.1, 0.15) is 6.54 Å². The minimum absolute atomic E-state index is 0.256. The van der Waals surface area contributed by atoms with Gasteiger partial charge in [-0.05, 0) is 6.08 Å². The molecule has 0 fully saturated rings. The molecule has 0 N–H and O–H groups in total. The first-order valence-electron chi connectivity index (χ1n) is 4.37. The topological polar surface area (TPSA) is 32.7 Å². The molecule has 0 bridgehead atoms. The van der Waals surface area contributed by atoms with Gasteiger partial charge in [-0.2, -0.15) is 4.91 Å². The highest BCUT2D eigenvalue weighted by atomic mass is 79.9. The van der Waals surface area contributed by atoms with Gasteiger partial charge < -0.3 is 4.90 Å². The van der Waals surface area contributed by atoms with Crippen LogP contribution in [0.4, 0.5) is 0 Å². The molecular formula is C9H12Br2N2O. The monoisotopic (exact) mass is 322 g/mol. The maximum atomic E-state index is 10.2. The predicted molar refractivity (Wildman–Crippen MR) is 66.0 cm³/mol. The van der Waals surface area contributed by atoms with E-state index in [0.29, 0.717) is 4.83 Å². The van der Waals surface area contributed by atoms with Crippen molar-refractivity contribution in [2.24, 2.45) is 5.18 Å². The number of halogens is 2. The second-order valence-corrected chi connectivity index (χ2v) is 4.97. The highest BCUT2D eigenvalue weighted by Crippen LogP contribution is 2.14. The largest absolute Gasteiger partial charge is 0.368 e. The average Bonchev–Trinajstić information content (AvgIpc) is 2.21. The van der Waals surface area contributed by atoms with Crippen LogP contribution < -0.4 is 0 Å². The highest BCUT2D eigenvalue weighted by Gasteiger charge is 2.14. The van der Waals surface area contributed by atoms with Gasteiger partial charge in [0.2, 0.25) is 0 Å². The lowest BCUT2D eigenvalue weighted by Gasteiger charge is -2.28. The minimum Gasteiger partial charge on any atom is -0.368 e. The van der Waals surface area contributed by atoms with Crippen LogP contribution in [-0.4, -0.2) is 34.7 Å². The van der Waals surface area contributed by atoms with Gasteiger partial charge in [-0.3, -0.25) is 0 Å². The zero-order chi connectivity index (χ0) is 10.4. The molecule has 1 atom stereocenters. The third-order valence-electron chi connectivity index (χ3n) is 1.97. The summed E-state index contributed by atoms with van der Waals surface area (Å²) in [6, 6.07) is 0. The van der Waals surface area contributed by atoms with E-state index in [0.717, 1.165) is 24.1 Å². The van der Waals surface area contributed by atoms with Crippen LogP contribution in [0.3, 0.4) is 0 Å². The summed E-state index contributed by atoms with van der Waals surface area (Å²) >= 11 is 6.95. The minimum atomic E-state index is 0.256. The van der Waals surface area contributed by atoms with E-state index < -0.39 is 0 Å². The lowest BCUT2D eigenvalue weighted by atomic mass is 10.2. The van der Waals surface area contributed by atoms with Gasteiger partial charge in [0.25, 0.3) is 0 Å². The van der Waals surface area contributed by atoms with E-state index in [1.165, 1.54) is 0 Å². The molecule has 3 nitrogen and oxygen atoms in total. The van der Waals surface area contributed by atoms with E-state index in [1.54, 1.807) is 0 Å². The second-order valence-electron chi connectivity index (χ2n) is 3.03. The fraction of sp³-hybridized carbons (Fsp3) is 0.556. The van der Waals surface area contributed by atoms with Crippen molar-refractivity contribution in [2.75, 3.05) is 25.0 Å². The molecule has 0 aliphatic carbocycles. The molecule has 1 rings (SSSR count). The van der Waals surface area contributed by atoms with E-state index in [4.69, 9.17) is 0 Å². The van der Waals surface area contributed by atoms with Gasteiger partial charge in [0.15, 0.2) is 0 Å². The molecule has 1 aliphatic heterocycles. The molecular weight excluding hydrogens is 312 g/mol. The highest BCUT2D eigenvalue weighted by molar-refractivity contribution is 9.12. The number of allylic oxidation sites excluding steroid dienone is 2. The summed E-state index contributed by atoms with van der Waals surface area (Å²) < 4.78 is 0. The summed E-state index contributed by atoms with van der Waals surface area (Å²) in [7, 11) is 0. The number of nitrogens with zero attached hydrogens (tertiary/aromatic N) is 2. The van der Waals surface area contributed by atoms with Gasteiger partial charge >= 0.3 is 0 Å². The number of rotatable bonds is 5. The number of alkyl halides is 2. The van der Waals surface area contributed by atoms with Crippen LogP contribution in [0, 0.1) is 4.91 Å². The molecule has 78 valence electrons. The normalized spacial score (nSPS) is 17.9. The Kier molecular flexibility index (Phi) is 5.40. The zero-order valence-electron chi connectivity index (χ0n) is 7.70. The molecule has 1 heterocycles. The molecule has 0 saturated heterocycles. The van der Waals surface area contributed by atoms with Gasteiger partial charge in [-0.15, -0.1) is 0 Å². The molecule has 0 radical (unpaired) electrons. The van der Waals surface area contributed by atoms with Crippen LogP contribution in [0.2, 0.25) is 0 Å². The van der Waals surface area contributed by atoms with E-state index in [9.17, 15) is 4.91 Å². The molecule has 0 amide bonds. The molecule has 0 spiro atoms. The van der Waals surface area contributed by atoms with Crippen LogP contribution in [0.5, 0.6) is 0 Å². The van der Waals surface area contributed by atoms with Crippen molar-refractivity contribution < 1.29 is 0 Å². The third kappa shape index (κ3) is 3.53. The van der Waals surface area contributed by atoms with Crippen molar-refractivity contribution in [3.63, 3.8) is 0 Å². The van der Waals surface area contributed by atoms with Gasteiger partial charge in [0.05, 0.1) is 0 Å². The smallest absolute Gasteiger partial charge is 0.121 e. The Morgan fingerprint density at radius 2 is 2.43 bits per heavy atom. The van der Waals surface area contributed by atoms with E-state index in [-0.39, 0.29) is 6.54 Å². The molecule has 0 aromatic heterocycles. The summed E-state index contributed by atoms with van der Waals surface area (Å²) in [5.41, 5.74) is 0.993. The fourth-order valence-corrected chi connectivity index (χ4v) is 1.84. The molecule has 0 aromatic carbocycles. The van der Waals surface area contributed by atoms with Crippen LogP contribution in [0.15, 0.2) is 29.1 Å². The first kappa shape index (κ1) is 11.9. The van der Waals surface area contributed by atoms with Gasteiger partial charge in [0, 0.05) is 28.9 Å². The maximum absolute atomic E-state index is 10.2. The Bertz CT molecular complexity index is 253. The van der Waals surface area contributed by atoms with E-state index in [2.05, 4.69) is 48.0 Å². The van der Waals surface area contributed by atoms with Gasteiger partial charge in [-0.1, -0.05) is 49.2 Å². The maximum Gasteiger partial charge on any atom is 0.121 e. The summed E-state index contributed by atoms with van der Waals surface area (Å²) in [4.78, 5) is 12.8. The molecule has 1 aliphatic rings. The predicted octanol–water partition coefficient (Wildman–Crippen LogP) is 2.67.